The molecule has 0 aromatic rings. The molecule has 0 aromatic carbocycles. The molecule has 0 radical (unpaired) electrons. The molecule has 1 rings (SSSR count). The third kappa shape index (κ3) is 2.23. The van der Waals surface area contributed by atoms with Crippen molar-refractivity contribution in [3.63, 3.8) is 0 Å². The van der Waals surface area contributed by atoms with E-state index in [2.05, 4.69) is 4.99 Å². The molecule has 3 N–H and O–H groups in total. The number of aliphatic carboxylic acids is 1. The molecule has 1 heterocycles. The molecule has 66 valence electrons. The first-order chi connectivity index (χ1) is 5.59. The van der Waals surface area contributed by atoms with E-state index < -0.39 is 17.8 Å². The molecule has 1 aliphatic rings. The van der Waals surface area contributed by atoms with Crippen molar-refractivity contribution in [1.82, 2.24) is 0 Å². The average molecular weight is 188 g/mol. The molecule has 0 aromatic heterocycles. The summed E-state index contributed by atoms with van der Waals surface area (Å²) in [4.78, 5) is 24.7. The summed E-state index contributed by atoms with van der Waals surface area (Å²) < 4.78 is 0. The van der Waals surface area contributed by atoms with Crippen molar-refractivity contribution in [2.45, 2.75) is 6.42 Å². The van der Waals surface area contributed by atoms with Crippen molar-refractivity contribution < 1.29 is 14.7 Å². The fourth-order valence-electron chi connectivity index (χ4n) is 0.846. The van der Waals surface area contributed by atoms with E-state index in [1.54, 1.807) is 0 Å². The first-order valence-corrected chi connectivity index (χ1v) is 4.30. The van der Waals surface area contributed by atoms with Gasteiger partial charge in [-0.15, -0.1) is 0 Å². The lowest BCUT2D eigenvalue weighted by molar-refractivity contribution is -0.140. The highest BCUT2D eigenvalue weighted by Gasteiger charge is 2.25. The molecule has 1 aliphatic heterocycles. The largest absolute Gasteiger partial charge is 0.481 e. The highest BCUT2D eigenvalue weighted by atomic mass is 32.2. The first kappa shape index (κ1) is 9.05. The molecule has 1 amide bonds. The molecule has 12 heavy (non-hydrogen) atoms. The van der Waals surface area contributed by atoms with E-state index in [-0.39, 0.29) is 11.6 Å². The van der Waals surface area contributed by atoms with Gasteiger partial charge in [0.2, 0.25) is 0 Å². The summed E-state index contributed by atoms with van der Waals surface area (Å²) in [6.07, 6.45) is -0.164. The number of carbonyl (C=O) groups excluding carboxylic acids is 1. The van der Waals surface area contributed by atoms with E-state index in [9.17, 15) is 9.59 Å². The van der Waals surface area contributed by atoms with Gasteiger partial charge in [0, 0.05) is 5.75 Å². The van der Waals surface area contributed by atoms with Crippen LogP contribution in [0.25, 0.3) is 0 Å². The van der Waals surface area contributed by atoms with Gasteiger partial charge >= 0.3 is 5.97 Å². The van der Waals surface area contributed by atoms with Crippen molar-refractivity contribution >= 4 is 28.8 Å². The minimum Gasteiger partial charge on any atom is -0.481 e. The smallest absolute Gasteiger partial charge is 0.304 e. The molecule has 6 heteroatoms. The summed E-state index contributed by atoms with van der Waals surface area (Å²) in [6.45, 7) is 0. The molecule has 0 aliphatic carbocycles. The Hall–Kier alpha value is -1.04. The van der Waals surface area contributed by atoms with Gasteiger partial charge in [-0.25, -0.2) is 0 Å². The Morgan fingerprint density at radius 3 is 3.00 bits per heavy atom. The third-order valence-corrected chi connectivity index (χ3v) is 2.38. The van der Waals surface area contributed by atoms with Gasteiger partial charge in [0.1, 0.15) is 0 Å². The second kappa shape index (κ2) is 3.57. The summed E-state index contributed by atoms with van der Waals surface area (Å²) in [5.41, 5.74) is 5.26. The third-order valence-electron chi connectivity index (χ3n) is 1.42. The maximum atomic E-state index is 11.0. The van der Waals surface area contributed by atoms with E-state index in [1.165, 1.54) is 11.8 Å². The quantitative estimate of drug-likeness (QED) is 0.618. The van der Waals surface area contributed by atoms with E-state index in [1.807, 2.05) is 0 Å². The van der Waals surface area contributed by atoms with Crippen LogP contribution in [0.2, 0.25) is 0 Å². The Morgan fingerprint density at radius 1 is 1.83 bits per heavy atom. The molecule has 0 saturated heterocycles. The Morgan fingerprint density at radius 2 is 2.50 bits per heavy atom. The predicted molar refractivity (Wildman–Crippen MR) is 44.8 cm³/mol. The number of nitrogens with zero attached hydrogens (tertiary/aromatic N) is 1. The lowest BCUT2D eigenvalue weighted by atomic mass is 10.1. The van der Waals surface area contributed by atoms with Gasteiger partial charge in [-0.3, -0.25) is 9.59 Å². The topological polar surface area (TPSA) is 92.8 Å². The van der Waals surface area contributed by atoms with Gasteiger partial charge in [0.25, 0.3) is 5.91 Å². The monoisotopic (exact) mass is 188 g/mol. The van der Waals surface area contributed by atoms with Crippen LogP contribution in [-0.4, -0.2) is 27.9 Å². The fraction of sp³-hybridized carbons (Fsp3) is 0.500. The zero-order valence-electron chi connectivity index (χ0n) is 6.19. The van der Waals surface area contributed by atoms with Crippen LogP contribution in [0.5, 0.6) is 0 Å². The molecule has 0 bridgehead atoms. The molecule has 0 saturated carbocycles. The van der Waals surface area contributed by atoms with E-state index in [4.69, 9.17) is 10.8 Å². The molecular weight excluding hydrogens is 180 g/mol. The summed E-state index contributed by atoms with van der Waals surface area (Å²) in [7, 11) is 0. The fourth-order valence-corrected chi connectivity index (χ4v) is 1.63. The number of hydrogen-bond donors (Lipinski definition) is 2. The maximum Gasteiger partial charge on any atom is 0.304 e. The van der Waals surface area contributed by atoms with Crippen molar-refractivity contribution in [1.29, 1.82) is 0 Å². The summed E-state index contributed by atoms with van der Waals surface area (Å²) >= 11 is 1.22. The van der Waals surface area contributed by atoms with Gasteiger partial charge in [-0.05, 0) is 0 Å². The minimum absolute atomic E-state index is 0.164. The molecule has 0 fully saturated rings. The van der Waals surface area contributed by atoms with Crippen LogP contribution in [0.3, 0.4) is 0 Å². The van der Waals surface area contributed by atoms with Crippen LogP contribution < -0.4 is 5.73 Å². The second-order valence-corrected chi connectivity index (χ2v) is 3.43. The predicted octanol–water partition coefficient (Wildman–Crippen LogP) is -0.335. The highest BCUT2D eigenvalue weighted by Crippen LogP contribution is 2.19. The van der Waals surface area contributed by atoms with Crippen LogP contribution in [0.1, 0.15) is 6.42 Å². The zero-order chi connectivity index (χ0) is 9.14. The van der Waals surface area contributed by atoms with Crippen LogP contribution in [0.4, 0.5) is 0 Å². The van der Waals surface area contributed by atoms with Crippen LogP contribution >= 0.6 is 11.8 Å². The number of aliphatic imine (C=N–C) groups is 1. The van der Waals surface area contributed by atoms with Crippen LogP contribution in [0, 0.1) is 5.92 Å². The SMILES string of the molecule is NC1=NC(=O)[C@H](CC(=O)O)CS1. The maximum absolute atomic E-state index is 11.0. The van der Waals surface area contributed by atoms with Crippen LogP contribution in [0.15, 0.2) is 4.99 Å². The van der Waals surface area contributed by atoms with Crippen molar-refractivity contribution in [3.05, 3.63) is 0 Å². The Kier molecular flexibility index (Phi) is 2.69. The van der Waals surface area contributed by atoms with Crippen molar-refractivity contribution in [3.8, 4) is 0 Å². The number of carbonyl (C=O) groups is 2. The number of rotatable bonds is 2. The second-order valence-electron chi connectivity index (χ2n) is 2.39. The molecule has 5 nitrogen and oxygen atoms in total. The number of nitrogens with two attached hydrogens (primary N) is 1. The number of carboxylic acids is 1. The van der Waals surface area contributed by atoms with Crippen molar-refractivity contribution in [2.24, 2.45) is 16.6 Å². The standard InChI is InChI=1S/C6H8N2O3S/c7-6-8-5(11)3(2-12-6)1-4(9)10/h3H,1-2H2,(H,9,10)(H2,7,8,11)/t3-/m1/s1. The minimum atomic E-state index is -0.982. The average Bonchev–Trinajstić information content (AvgIpc) is 1.94. The number of thioether (sulfide) groups is 1. The van der Waals surface area contributed by atoms with Gasteiger partial charge < -0.3 is 10.8 Å². The van der Waals surface area contributed by atoms with Crippen molar-refractivity contribution in [2.75, 3.05) is 5.75 Å². The molecule has 0 unspecified atom stereocenters. The first-order valence-electron chi connectivity index (χ1n) is 3.32. The molecule has 0 spiro atoms. The van der Waals surface area contributed by atoms with Gasteiger partial charge in [-0.2, -0.15) is 4.99 Å². The van der Waals surface area contributed by atoms with Gasteiger partial charge in [0.05, 0.1) is 12.3 Å². The molecule has 1 atom stereocenters. The lowest BCUT2D eigenvalue weighted by Gasteiger charge is -2.14. The summed E-state index contributed by atoms with van der Waals surface area (Å²) in [5, 5.41) is 8.63. The Labute approximate surface area is 73.0 Å². The summed E-state index contributed by atoms with van der Waals surface area (Å²) in [6, 6.07) is 0. The Balaban J connectivity index is 2.59. The zero-order valence-corrected chi connectivity index (χ0v) is 7.00. The number of carboxylic acid groups (broad SMARTS) is 1. The number of amides is 1. The highest BCUT2D eigenvalue weighted by molar-refractivity contribution is 8.13. The van der Waals surface area contributed by atoms with Crippen LogP contribution in [-0.2, 0) is 9.59 Å². The Bertz CT molecular complexity index is 251. The lowest BCUT2D eigenvalue weighted by Crippen LogP contribution is -2.27. The summed E-state index contributed by atoms with van der Waals surface area (Å²) in [5.74, 6) is -1.50. The van der Waals surface area contributed by atoms with Gasteiger partial charge in [-0.1, -0.05) is 11.8 Å². The van der Waals surface area contributed by atoms with E-state index in [0.717, 1.165) is 0 Å². The van der Waals surface area contributed by atoms with E-state index in [0.29, 0.717) is 5.75 Å². The van der Waals surface area contributed by atoms with Gasteiger partial charge in [0.15, 0.2) is 5.17 Å². The normalized spacial score (nSPS) is 23.5. The molecular formula is C6H8N2O3S. The van der Waals surface area contributed by atoms with E-state index >= 15 is 0 Å². The number of hydrogen-bond acceptors (Lipinski definition) is 4. The number of amidine groups is 1.